The van der Waals surface area contributed by atoms with Gasteiger partial charge in [0.25, 0.3) is 5.91 Å². The van der Waals surface area contributed by atoms with E-state index in [0.29, 0.717) is 18.5 Å². The van der Waals surface area contributed by atoms with E-state index >= 15 is 0 Å². The molecular formula is C9H11BrN2O2. The third kappa shape index (κ3) is 1.99. The summed E-state index contributed by atoms with van der Waals surface area (Å²) < 4.78 is 0.858. The highest BCUT2D eigenvalue weighted by molar-refractivity contribution is 9.10. The Hall–Kier alpha value is -0.810. The number of aliphatic hydroxyl groups is 1. The van der Waals surface area contributed by atoms with Crippen molar-refractivity contribution < 1.29 is 9.90 Å². The molecule has 14 heavy (non-hydrogen) atoms. The van der Waals surface area contributed by atoms with Gasteiger partial charge in [-0.2, -0.15) is 0 Å². The van der Waals surface area contributed by atoms with Crippen LogP contribution in [-0.2, 0) is 0 Å². The number of hydrogen-bond acceptors (Lipinski definition) is 2. The Morgan fingerprint density at radius 1 is 1.64 bits per heavy atom. The first-order chi connectivity index (χ1) is 6.65. The molecule has 0 unspecified atom stereocenters. The van der Waals surface area contributed by atoms with E-state index in [0.717, 1.165) is 4.47 Å². The third-order valence-electron chi connectivity index (χ3n) is 2.34. The topological polar surface area (TPSA) is 65.1 Å². The largest absolute Gasteiger partial charge is 0.393 e. The molecule has 0 saturated heterocycles. The molecule has 0 spiro atoms. The first kappa shape index (κ1) is 9.73. The average molecular weight is 259 g/mol. The molecular weight excluding hydrogens is 248 g/mol. The zero-order valence-electron chi connectivity index (χ0n) is 7.46. The van der Waals surface area contributed by atoms with Gasteiger partial charge in [0.2, 0.25) is 0 Å². The second-order valence-corrected chi connectivity index (χ2v) is 4.44. The van der Waals surface area contributed by atoms with Gasteiger partial charge in [0.1, 0.15) is 5.69 Å². The number of halogens is 1. The summed E-state index contributed by atoms with van der Waals surface area (Å²) in [5, 5.41) is 11.9. The normalized spacial score (nSPS) is 25.6. The molecule has 76 valence electrons. The molecule has 1 fully saturated rings. The lowest BCUT2D eigenvalue weighted by Crippen LogP contribution is -2.46. The SMILES string of the molecule is O=C(NC1CC(O)C1)c1cc(Br)c[nH]1. The van der Waals surface area contributed by atoms with Crippen LogP contribution >= 0.6 is 15.9 Å². The van der Waals surface area contributed by atoms with Crippen molar-refractivity contribution in [3.05, 3.63) is 22.4 Å². The van der Waals surface area contributed by atoms with Crippen LogP contribution in [0.1, 0.15) is 23.3 Å². The summed E-state index contributed by atoms with van der Waals surface area (Å²) in [4.78, 5) is 14.4. The van der Waals surface area contributed by atoms with Gasteiger partial charge in [0, 0.05) is 16.7 Å². The smallest absolute Gasteiger partial charge is 0.267 e. The molecule has 2 rings (SSSR count). The summed E-state index contributed by atoms with van der Waals surface area (Å²) in [7, 11) is 0. The minimum absolute atomic E-state index is 0.118. The van der Waals surface area contributed by atoms with Gasteiger partial charge in [-0.15, -0.1) is 0 Å². The Morgan fingerprint density at radius 3 is 2.86 bits per heavy atom. The second kappa shape index (κ2) is 3.74. The van der Waals surface area contributed by atoms with E-state index in [1.54, 1.807) is 12.3 Å². The highest BCUT2D eigenvalue weighted by Gasteiger charge is 2.28. The summed E-state index contributed by atoms with van der Waals surface area (Å²) in [6, 6.07) is 1.85. The lowest BCUT2D eigenvalue weighted by atomic mass is 9.89. The molecule has 1 aromatic heterocycles. The molecule has 0 radical (unpaired) electrons. The summed E-state index contributed by atoms with van der Waals surface area (Å²) in [5.41, 5.74) is 0.540. The minimum atomic E-state index is -0.240. The molecule has 0 bridgehead atoms. The van der Waals surface area contributed by atoms with Crippen molar-refractivity contribution in [3.63, 3.8) is 0 Å². The number of rotatable bonds is 2. The zero-order valence-corrected chi connectivity index (χ0v) is 9.04. The Morgan fingerprint density at radius 2 is 2.36 bits per heavy atom. The molecule has 0 atom stereocenters. The van der Waals surface area contributed by atoms with Crippen LogP contribution in [0, 0.1) is 0 Å². The molecule has 0 aliphatic heterocycles. The van der Waals surface area contributed by atoms with Gasteiger partial charge in [0.05, 0.1) is 6.10 Å². The molecule has 4 nitrogen and oxygen atoms in total. The lowest BCUT2D eigenvalue weighted by molar-refractivity contribution is 0.0561. The van der Waals surface area contributed by atoms with Crippen molar-refractivity contribution in [2.75, 3.05) is 0 Å². The number of carbonyl (C=O) groups excluding carboxylic acids is 1. The molecule has 1 aliphatic carbocycles. The van der Waals surface area contributed by atoms with Gasteiger partial charge in [-0.25, -0.2) is 0 Å². The highest BCUT2D eigenvalue weighted by atomic mass is 79.9. The Kier molecular flexibility index (Phi) is 2.60. The van der Waals surface area contributed by atoms with Crippen LogP contribution < -0.4 is 5.32 Å². The number of hydrogen-bond donors (Lipinski definition) is 3. The van der Waals surface area contributed by atoms with E-state index in [4.69, 9.17) is 5.11 Å². The third-order valence-corrected chi connectivity index (χ3v) is 2.80. The van der Waals surface area contributed by atoms with Gasteiger partial charge in [-0.1, -0.05) is 0 Å². The molecule has 1 saturated carbocycles. The predicted octanol–water partition coefficient (Wildman–Crippen LogP) is 1.03. The maximum absolute atomic E-state index is 11.5. The molecule has 3 N–H and O–H groups in total. The maximum Gasteiger partial charge on any atom is 0.267 e. The van der Waals surface area contributed by atoms with Gasteiger partial charge in [0.15, 0.2) is 0 Å². The van der Waals surface area contributed by atoms with Gasteiger partial charge in [-0.05, 0) is 34.8 Å². The Bertz CT molecular complexity index is 344. The molecule has 1 heterocycles. The van der Waals surface area contributed by atoms with Crippen molar-refractivity contribution in [3.8, 4) is 0 Å². The van der Waals surface area contributed by atoms with Crippen molar-refractivity contribution in [1.29, 1.82) is 0 Å². The van der Waals surface area contributed by atoms with Crippen molar-refractivity contribution in [2.24, 2.45) is 0 Å². The van der Waals surface area contributed by atoms with Crippen molar-refractivity contribution in [2.45, 2.75) is 25.0 Å². The lowest BCUT2D eigenvalue weighted by Gasteiger charge is -2.31. The van der Waals surface area contributed by atoms with Crippen LogP contribution in [-0.4, -0.2) is 28.1 Å². The molecule has 1 aliphatic rings. The first-order valence-electron chi connectivity index (χ1n) is 4.48. The maximum atomic E-state index is 11.5. The van der Waals surface area contributed by atoms with Crippen LogP contribution in [0.2, 0.25) is 0 Å². The van der Waals surface area contributed by atoms with Crippen LogP contribution in [0.5, 0.6) is 0 Å². The van der Waals surface area contributed by atoms with Crippen LogP contribution in [0.4, 0.5) is 0 Å². The van der Waals surface area contributed by atoms with Crippen LogP contribution in [0.25, 0.3) is 0 Å². The van der Waals surface area contributed by atoms with Gasteiger partial charge in [-0.3, -0.25) is 4.79 Å². The Balaban J connectivity index is 1.90. The monoisotopic (exact) mass is 258 g/mol. The number of amides is 1. The van der Waals surface area contributed by atoms with E-state index < -0.39 is 0 Å². The minimum Gasteiger partial charge on any atom is -0.393 e. The van der Waals surface area contributed by atoms with E-state index in [9.17, 15) is 4.79 Å². The summed E-state index contributed by atoms with van der Waals surface area (Å²) in [6.07, 6.45) is 2.79. The Labute approximate surface area is 89.8 Å². The number of H-pyrrole nitrogens is 1. The fourth-order valence-electron chi connectivity index (χ4n) is 1.47. The number of nitrogens with one attached hydrogen (secondary N) is 2. The van der Waals surface area contributed by atoms with E-state index in [-0.39, 0.29) is 18.1 Å². The zero-order chi connectivity index (χ0) is 10.1. The number of aromatic nitrogens is 1. The van der Waals surface area contributed by atoms with E-state index in [2.05, 4.69) is 26.2 Å². The number of aliphatic hydroxyl groups excluding tert-OH is 1. The van der Waals surface area contributed by atoms with Gasteiger partial charge >= 0.3 is 0 Å². The van der Waals surface area contributed by atoms with Gasteiger partial charge < -0.3 is 15.4 Å². The van der Waals surface area contributed by atoms with Crippen molar-refractivity contribution in [1.82, 2.24) is 10.3 Å². The molecule has 1 aromatic rings. The summed E-state index contributed by atoms with van der Waals surface area (Å²) in [5.74, 6) is -0.118. The number of carbonyl (C=O) groups is 1. The average Bonchev–Trinajstić information content (AvgIpc) is 2.49. The van der Waals surface area contributed by atoms with E-state index in [1.807, 2.05) is 0 Å². The quantitative estimate of drug-likeness (QED) is 0.742. The van der Waals surface area contributed by atoms with Crippen molar-refractivity contribution >= 4 is 21.8 Å². The highest BCUT2D eigenvalue weighted by Crippen LogP contribution is 2.20. The van der Waals surface area contributed by atoms with Crippen LogP contribution in [0.3, 0.4) is 0 Å². The fourth-order valence-corrected chi connectivity index (χ4v) is 1.81. The first-order valence-corrected chi connectivity index (χ1v) is 5.27. The molecule has 5 heteroatoms. The molecule has 0 aromatic carbocycles. The standard InChI is InChI=1S/C9H11BrN2O2/c10-5-1-8(11-4-5)9(14)12-6-2-7(13)3-6/h1,4,6-7,11,13H,2-3H2,(H,12,14). The molecule has 1 amide bonds. The summed E-state index contributed by atoms with van der Waals surface area (Å²) in [6.45, 7) is 0. The number of aromatic amines is 1. The predicted molar refractivity (Wildman–Crippen MR) is 55.0 cm³/mol. The van der Waals surface area contributed by atoms with E-state index in [1.165, 1.54) is 0 Å². The van der Waals surface area contributed by atoms with Crippen LogP contribution in [0.15, 0.2) is 16.7 Å². The second-order valence-electron chi connectivity index (χ2n) is 3.53. The summed E-state index contributed by atoms with van der Waals surface area (Å²) >= 11 is 3.26. The fraction of sp³-hybridized carbons (Fsp3) is 0.444.